The first kappa shape index (κ1) is 14.7. The molecule has 1 saturated heterocycles. The molecule has 3 N–H and O–H groups in total. The number of carbonyl (C=O) groups is 1. The van der Waals surface area contributed by atoms with Crippen LogP contribution in [0.4, 0.5) is 5.82 Å². The quantitative estimate of drug-likeness (QED) is 0.835. The minimum atomic E-state index is -0.291. The second kappa shape index (κ2) is 6.67. The molecular formula is C14H21N3O3. The summed E-state index contributed by atoms with van der Waals surface area (Å²) in [6.45, 7) is 3.29. The van der Waals surface area contributed by atoms with Crippen LogP contribution in [0.3, 0.4) is 0 Å². The maximum absolute atomic E-state index is 12.6. The number of pyridine rings is 1. The van der Waals surface area contributed by atoms with Crippen molar-refractivity contribution in [3.8, 4) is 0 Å². The van der Waals surface area contributed by atoms with Crippen LogP contribution in [0, 0.1) is 0 Å². The molecule has 1 amide bonds. The van der Waals surface area contributed by atoms with Gasteiger partial charge in [-0.1, -0.05) is 13.3 Å². The molecule has 2 heterocycles. The van der Waals surface area contributed by atoms with Crippen molar-refractivity contribution in [3.05, 3.63) is 23.4 Å². The van der Waals surface area contributed by atoms with Gasteiger partial charge in [0, 0.05) is 17.8 Å². The van der Waals surface area contributed by atoms with Gasteiger partial charge in [-0.2, -0.15) is 0 Å². The molecule has 1 aliphatic heterocycles. The van der Waals surface area contributed by atoms with Crippen LogP contribution in [0.5, 0.6) is 0 Å². The van der Waals surface area contributed by atoms with Gasteiger partial charge in [0.2, 0.25) is 0 Å². The molecule has 6 nitrogen and oxygen atoms in total. The molecule has 6 heteroatoms. The number of aliphatic hydroxyl groups excluding tert-OH is 1. The number of aromatic nitrogens is 1. The van der Waals surface area contributed by atoms with E-state index in [1.54, 1.807) is 17.0 Å². The molecule has 1 unspecified atom stereocenters. The van der Waals surface area contributed by atoms with Gasteiger partial charge in [-0.3, -0.25) is 4.79 Å². The van der Waals surface area contributed by atoms with Gasteiger partial charge in [-0.25, -0.2) is 4.98 Å². The summed E-state index contributed by atoms with van der Waals surface area (Å²) in [5, 5.41) is 9.34. The second-order valence-corrected chi connectivity index (χ2v) is 4.93. The Morgan fingerprint density at radius 1 is 1.60 bits per heavy atom. The number of carbonyl (C=O) groups excluding carboxylic acids is 1. The average molecular weight is 279 g/mol. The highest BCUT2D eigenvalue weighted by molar-refractivity contribution is 5.95. The predicted molar refractivity (Wildman–Crippen MR) is 75.4 cm³/mol. The lowest BCUT2D eigenvalue weighted by Crippen LogP contribution is -2.50. The van der Waals surface area contributed by atoms with Crippen LogP contribution in [0.25, 0.3) is 0 Å². The number of aryl methyl sites for hydroxylation is 1. The van der Waals surface area contributed by atoms with E-state index in [-0.39, 0.29) is 18.6 Å². The van der Waals surface area contributed by atoms with Gasteiger partial charge >= 0.3 is 0 Å². The van der Waals surface area contributed by atoms with Crippen molar-refractivity contribution in [2.45, 2.75) is 25.8 Å². The lowest BCUT2D eigenvalue weighted by atomic mass is 10.1. The van der Waals surface area contributed by atoms with Gasteiger partial charge in [-0.05, 0) is 18.6 Å². The number of nitrogens with zero attached hydrogens (tertiary/aromatic N) is 2. The number of amides is 1. The molecule has 0 aliphatic carbocycles. The Morgan fingerprint density at radius 2 is 2.40 bits per heavy atom. The Morgan fingerprint density at radius 3 is 3.10 bits per heavy atom. The highest BCUT2D eigenvalue weighted by Crippen LogP contribution is 2.16. The first-order chi connectivity index (χ1) is 9.65. The maximum Gasteiger partial charge on any atom is 0.254 e. The Bertz CT molecular complexity index is 479. The lowest BCUT2D eigenvalue weighted by Gasteiger charge is -2.34. The van der Waals surface area contributed by atoms with Gasteiger partial charge in [0.25, 0.3) is 5.91 Å². The van der Waals surface area contributed by atoms with E-state index in [9.17, 15) is 9.90 Å². The van der Waals surface area contributed by atoms with Crippen LogP contribution in [0.1, 0.15) is 29.4 Å². The molecule has 0 radical (unpaired) electrons. The van der Waals surface area contributed by atoms with E-state index in [1.165, 1.54) is 0 Å². The molecule has 0 saturated carbocycles. The molecule has 1 aliphatic rings. The number of aliphatic hydroxyl groups is 1. The van der Waals surface area contributed by atoms with E-state index in [0.717, 1.165) is 18.5 Å². The van der Waals surface area contributed by atoms with Gasteiger partial charge in [-0.15, -0.1) is 0 Å². The van der Waals surface area contributed by atoms with Crippen LogP contribution in [0.2, 0.25) is 0 Å². The standard InChI is InChI=1S/C14H21N3O3/c1-2-3-11-6-10(7-13(15)16-11)14(19)17-4-5-20-9-12(17)8-18/h6-7,12,18H,2-5,8-9H2,1H3,(H2,15,16). The minimum absolute atomic E-state index is 0.103. The predicted octanol–water partition coefficient (Wildman–Crippen LogP) is 0.450. The summed E-state index contributed by atoms with van der Waals surface area (Å²) in [5.41, 5.74) is 7.12. The maximum atomic E-state index is 12.6. The average Bonchev–Trinajstić information content (AvgIpc) is 2.46. The van der Waals surface area contributed by atoms with Crippen LogP contribution < -0.4 is 5.73 Å². The molecule has 1 fully saturated rings. The number of hydrogen-bond acceptors (Lipinski definition) is 5. The number of morpholine rings is 1. The van der Waals surface area contributed by atoms with E-state index in [0.29, 0.717) is 31.1 Å². The monoisotopic (exact) mass is 279 g/mol. The highest BCUT2D eigenvalue weighted by Gasteiger charge is 2.27. The fraction of sp³-hybridized carbons (Fsp3) is 0.571. The highest BCUT2D eigenvalue weighted by atomic mass is 16.5. The molecule has 20 heavy (non-hydrogen) atoms. The number of ether oxygens (including phenoxy) is 1. The van der Waals surface area contributed by atoms with Gasteiger partial charge in [0.1, 0.15) is 5.82 Å². The first-order valence-electron chi connectivity index (χ1n) is 6.91. The molecule has 1 aromatic rings. The third-order valence-corrected chi connectivity index (χ3v) is 3.35. The zero-order valence-electron chi connectivity index (χ0n) is 11.7. The zero-order chi connectivity index (χ0) is 14.5. The van der Waals surface area contributed by atoms with Crippen molar-refractivity contribution in [1.29, 1.82) is 0 Å². The van der Waals surface area contributed by atoms with E-state index in [2.05, 4.69) is 11.9 Å². The summed E-state index contributed by atoms with van der Waals surface area (Å²) in [7, 11) is 0. The largest absolute Gasteiger partial charge is 0.394 e. The fourth-order valence-electron chi connectivity index (χ4n) is 2.36. The Balaban J connectivity index is 2.23. The van der Waals surface area contributed by atoms with Crippen molar-refractivity contribution < 1.29 is 14.6 Å². The smallest absolute Gasteiger partial charge is 0.254 e. The van der Waals surface area contributed by atoms with Crippen molar-refractivity contribution in [1.82, 2.24) is 9.88 Å². The summed E-state index contributed by atoms with van der Waals surface area (Å²) in [4.78, 5) is 18.4. The first-order valence-corrected chi connectivity index (χ1v) is 6.91. The van der Waals surface area contributed by atoms with Crippen LogP contribution in [-0.2, 0) is 11.2 Å². The minimum Gasteiger partial charge on any atom is -0.394 e. The molecule has 0 bridgehead atoms. The van der Waals surface area contributed by atoms with E-state index in [4.69, 9.17) is 10.5 Å². The van der Waals surface area contributed by atoms with Crippen molar-refractivity contribution >= 4 is 11.7 Å². The van der Waals surface area contributed by atoms with E-state index >= 15 is 0 Å². The Labute approximate surface area is 118 Å². The Hall–Kier alpha value is -1.66. The fourth-order valence-corrected chi connectivity index (χ4v) is 2.36. The second-order valence-electron chi connectivity index (χ2n) is 4.93. The third-order valence-electron chi connectivity index (χ3n) is 3.35. The van der Waals surface area contributed by atoms with Crippen LogP contribution >= 0.6 is 0 Å². The van der Waals surface area contributed by atoms with Crippen LogP contribution in [0.15, 0.2) is 12.1 Å². The third kappa shape index (κ3) is 3.26. The molecule has 1 aromatic heterocycles. The van der Waals surface area contributed by atoms with Crippen LogP contribution in [-0.4, -0.2) is 53.3 Å². The molecule has 2 rings (SSSR count). The van der Waals surface area contributed by atoms with E-state index in [1.807, 2.05) is 0 Å². The number of nitrogen functional groups attached to an aromatic ring is 1. The number of nitrogens with two attached hydrogens (primary N) is 1. The summed E-state index contributed by atoms with van der Waals surface area (Å²) in [6, 6.07) is 3.08. The molecule has 1 atom stereocenters. The summed E-state index contributed by atoms with van der Waals surface area (Å²) in [6.07, 6.45) is 1.73. The number of rotatable bonds is 4. The number of hydrogen-bond donors (Lipinski definition) is 2. The Kier molecular flexibility index (Phi) is 4.92. The van der Waals surface area contributed by atoms with Gasteiger partial charge in [0.05, 0.1) is 25.9 Å². The van der Waals surface area contributed by atoms with E-state index < -0.39 is 0 Å². The van der Waals surface area contributed by atoms with Crippen molar-refractivity contribution in [2.75, 3.05) is 32.1 Å². The molecule has 0 spiro atoms. The molecule has 110 valence electrons. The lowest BCUT2D eigenvalue weighted by molar-refractivity contribution is -0.0184. The zero-order valence-corrected chi connectivity index (χ0v) is 11.7. The molecular weight excluding hydrogens is 258 g/mol. The SMILES string of the molecule is CCCc1cc(C(=O)N2CCOCC2CO)cc(N)n1. The summed E-state index contributed by atoms with van der Waals surface area (Å²) < 4.78 is 5.28. The normalized spacial score (nSPS) is 19.1. The summed E-state index contributed by atoms with van der Waals surface area (Å²) >= 11 is 0. The van der Waals surface area contributed by atoms with Crippen molar-refractivity contribution in [2.24, 2.45) is 0 Å². The van der Waals surface area contributed by atoms with Gasteiger partial charge < -0.3 is 20.5 Å². The summed E-state index contributed by atoms with van der Waals surface area (Å²) in [5.74, 6) is 0.229. The van der Waals surface area contributed by atoms with Gasteiger partial charge in [0.15, 0.2) is 0 Å². The number of anilines is 1. The molecule has 0 aromatic carbocycles. The van der Waals surface area contributed by atoms with Crippen molar-refractivity contribution in [3.63, 3.8) is 0 Å². The topological polar surface area (TPSA) is 88.7 Å².